The summed E-state index contributed by atoms with van der Waals surface area (Å²) in [7, 11) is -3.89. The molecule has 0 fully saturated rings. The van der Waals surface area contributed by atoms with Gasteiger partial charge in [-0.2, -0.15) is 0 Å². The minimum atomic E-state index is -3.89. The van der Waals surface area contributed by atoms with Crippen LogP contribution in [0, 0.1) is 16.0 Å². The van der Waals surface area contributed by atoms with Crippen molar-refractivity contribution < 1.29 is 13.3 Å². The Labute approximate surface area is 105 Å². The van der Waals surface area contributed by atoms with E-state index in [1.165, 1.54) is 6.07 Å². The lowest BCUT2D eigenvalue weighted by Crippen LogP contribution is -2.28. The van der Waals surface area contributed by atoms with Gasteiger partial charge in [-0.25, -0.2) is 13.1 Å². The second-order valence-electron chi connectivity index (χ2n) is 4.23. The van der Waals surface area contributed by atoms with Crippen LogP contribution in [-0.2, 0) is 10.0 Å². The van der Waals surface area contributed by atoms with Crippen molar-refractivity contribution in [3.63, 3.8) is 0 Å². The maximum absolute atomic E-state index is 11.9. The van der Waals surface area contributed by atoms with Crippen LogP contribution in [0.1, 0.15) is 13.8 Å². The standard InChI is InChI=1S/C10H15N3O4S/c1-7(2)6-12-18(16,17)10-4-3-8(11)5-9(10)13(14)15/h3-5,7,12H,6,11H2,1-2H3. The minimum absolute atomic E-state index is 0.104. The molecular formula is C10H15N3O4S. The molecule has 0 saturated heterocycles. The maximum Gasteiger partial charge on any atom is 0.291 e. The van der Waals surface area contributed by atoms with E-state index in [-0.39, 0.29) is 23.0 Å². The van der Waals surface area contributed by atoms with Crippen molar-refractivity contribution in [3.8, 4) is 0 Å². The van der Waals surface area contributed by atoms with Crippen molar-refractivity contribution in [1.29, 1.82) is 0 Å². The van der Waals surface area contributed by atoms with Crippen LogP contribution in [0.4, 0.5) is 11.4 Å². The number of nitrogens with one attached hydrogen (secondary N) is 1. The summed E-state index contributed by atoms with van der Waals surface area (Å²) in [5.74, 6) is 0.104. The fourth-order valence-corrected chi connectivity index (χ4v) is 2.62. The molecule has 100 valence electrons. The molecule has 0 unspecified atom stereocenters. The van der Waals surface area contributed by atoms with Gasteiger partial charge in [-0.1, -0.05) is 13.8 Å². The third-order valence-electron chi connectivity index (χ3n) is 2.15. The number of nitro benzene ring substituents is 1. The Morgan fingerprint density at radius 1 is 1.44 bits per heavy atom. The Balaban J connectivity index is 3.20. The van der Waals surface area contributed by atoms with E-state index >= 15 is 0 Å². The molecule has 0 radical (unpaired) electrons. The van der Waals surface area contributed by atoms with E-state index in [4.69, 9.17) is 5.73 Å². The Morgan fingerprint density at radius 2 is 2.06 bits per heavy atom. The molecule has 3 N–H and O–H groups in total. The zero-order chi connectivity index (χ0) is 13.9. The number of rotatable bonds is 5. The number of hydrogen-bond donors (Lipinski definition) is 2. The molecule has 1 rings (SSSR count). The van der Waals surface area contributed by atoms with Crippen molar-refractivity contribution in [3.05, 3.63) is 28.3 Å². The first-order valence-electron chi connectivity index (χ1n) is 5.27. The van der Waals surface area contributed by atoms with E-state index < -0.39 is 20.6 Å². The van der Waals surface area contributed by atoms with Crippen LogP contribution in [0.3, 0.4) is 0 Å². The molecule has 18 heavy (non-hydrogen) atoms. The molecule has 1 aromatic rings. The lowest BCUT2D eigenvalue weighted by molar-refractivity contribution is -0.387. The molecule has 1 aromatic carbocycles. The van der Waals surface area contributed by atoms with Crippen molar-refractivity contribution in [2.45, 2.75) is 18.7 Å². The first kappa shape index (κ1) is 14.4. The highest BCUT2D eigenvalue weighted by atomic mass is 32.2. The minimum Gasteiger partial charge on any atom is -0.399 e. The van der Waals surface area contributed by atoms with Gasteiger partial charge in [-0.3, -0.25) is 10.1 Å². The summed E-state index contributed by atoms with van der Waals surface area (Å²) >= 11 is 0. The summed E-state index contributed by atoms with van der Waals surface area (Å²) in [6.07, 6.45) is 0. The van der Waals surface area contributed by atoms with Gasteiger partial charge < -0.3 is 5.73 Å². The first-order valence-corrected chi connectivity index (χ1v) is 6.76. The lowest BCUT2D eigenvalue weighted by atomic mass is 10.2. The number of nitrogens with zero attached hydrogens (tertiary/aromatic N) is 1. The number of nitrogen functional groups attached to an aromatic ring is 1. The number of sulfonamides is 1. The fourth-order valence-electron chi connectivity index (χ4n) is 1.26. The smallest absolute Gasteiger partial charge is 0.291 e. The van der Waals surface area contributed by atoms with Crippen LogP contribution >= 0.6 is 0 Å². The van der Waals surface area contributed by atoms with Gasteiger partial charge in [-0.15, -0.1) is 0 Å². The van der Waals surface area contributed by atoms with E-state index in [9.17, 15) is 18.5 Å². The summed E-state index contributed by atoms with van der Waals surface area (Å²) in [6, 6.07) is 3.48. The topological polar surface area (TPSA) is 115 Å². The fraction of sp³-hybridized carbons (Fsp3) is 0.400. The Morgan fingerprint density at radius 3 is 2.56 bits per heavy atom. The zero-order valence-corrected chi connectivity index (χ0v) is 10.9. The Bertz CT molecular complexity index is 554. The molecule has 0 amide bonds. The van der Waals surface area contributed by atoms with Crippen LogP contribution in [0.25, 0.3) is 0 Å². The quantitative estimate of drug-likeness (QED) is 0.473. The number of nitrogens with two attached hydrogens (primary N) is 1. The van der Waals surface area contributed by atoms with Gasteiger partial charge in [0, 0.05) is 18.3 Å². The molecule has 8 heteroatoms. The van der Waals surface area contributed by atoms with Gasteiger partial charge in [-0.05, 0) is 18.1 Å². The van der Waals surface area contributed by atoms with Crippen molar-refractivity contribution >= 4 is 21.4 Å². The predicted octanol–water partition coefficient (Wildman–Crippen LogP) is 1.11. The van der Waals surface area contributed by atoms with Crippen LogP contribution in [0.15, 0.2) is 23.1 Å². The summed E-state index contributed by atoms with van der Waals surface area (Å²) in [5.41, 5.74) is 5.03. The molecular weight excluding hydrogens is 258 g/mol. The monoisotopic (exact) mass is 273 g/mol. The van der Waals surface area contributed by atoms with Crippen LogP contribution in [-0.4, -0.2) is 19.9 Å². The molecule has 0 heterocycles. The molecule has 0 aromatic heterocycles. The maximum atomic E-state index is 11.9. The van der Waals surface area contributed by atoms with Gasteiger partial charge in [0.2, 0.25) is 10.0 Å². The Hall–Kier alpha value is -1.67. The average Bonchev–Trinajstić information content (AvgIpc) is 2.26. The van der Waals surface area contributed by atoms with Crippen LogP contribution in [0.5, 0.6) is 0 Å². The SMILES string of the molecule is CC(C)CNS(=O)(=O)c1ccc(N)cc1[N+](=O)[O-]. The highest BCUT2D eigenvalue weighted by Crippen LogP contribution is 2.25. The van der Waals surface area contributed by atoms with E-state index in [1.54, 1.807) is 0 Å². The number of anilines is 1. The van der Waals surface area contributed by atoms with Crippen LogP contribution < -0.4 is 10.5 Å². The van der Waals surface area contributed by atoms with Gasteiger partial charge in [0.25, 0.3) is 5.69 Å². The number of hydrogen-bond acceptors (Lipinski definition) is 5. The first-order chi connectivity index (χ1) is 8.24. The lowest BCUT2D eigenvalue weighted by Gasteiger charge is -2.09. The summed E-state index contributed by atoms with van der Waals surface area (Å²) in [6.45, 7) is 3.88. The van der Waals surface area contributed by atoms with Crippen molar-refractivity contribution in [2.24, 2.45) is 5.92 Å². The molecule has 0 atom stereocenters. The van der Waals surface area contributed by atoms with Gasteiger partial charge in [0.15, 0.2) is 4.90 Å². The normalized spacial score (nSPS) is 11.7. The Kier molecular flexibility index (Phi) is 4.25. The summed E-state index contributed by atoms with van der Waals surface area (Å²) in [4.78, 5) is 9.68. The molecule has 0 aliphatic carbocycles. The van der Waals surface area contributed by atoms with Gasteiger partial charge in [0.05, 0.1) is 4.92 Å². The van der Waals surface area contributed by atoms with Gasteiger partial charge >= 0.3 is 0 Å². The predicted molar refractivity (Wildman–Crippen MR) is 67.5 cm³/mol. The second kappa shape index (κ2) is 5.32. The van der Waals surface area contributed by atoms with Gasteiger partial charge in [0.1, 0.15) is 0 Å². The third kappa shape index (κ3) is 3.41. The summed E-state index contributed by atoms with van der Waals surface area (Å²) in [5, 5.41) is 10.8. The molecule has 0 aliphatic heterocycles. The zero-order valence-electron chi connectivity index (χ0n) is 10.1. The summed E-state index contributed by atoms with van der Waals surface area (Å²) < 4.78 is 26.2. The number of benzene rings is 1. The van der Waals surface area contributed by atoms with E-state index in [2.05, 4.69) is 4.72 Å². The molecule has 0 bridgehead atoms. The van der Waals surface area contributed by atoms with E-state index in [1.807, 2.05) is 13.8 Å². The number of nitro groups is 1. The molecule has 0 aliphatic rings. The highest BCUT2D eigenvalue weighted by Gasteiger charge is 2.25. The molecule has 0 saturated carbocycles. The van der Waals surface area contributed by atoms with Crippen LogP contribution in [0.2, 0.25) is 0 Å². The van der Waals surface area contributed by atoms with E-state index in [0.29, 0.717) is 0 Å². The van der Waals surface area contributed by atoms with Crippen molar-refractivity contribution in [1.82, 2.24) is 4.72 Å². The largest absolute Gasteiger partial charge is 0.399 e. The highest BCUT2D eigenvalue weighted by molar-refractivity contribution is 7.89. The van der Waals surface area contributed by atoms with E-state index in [0.717, 1.165) is 12.1 Å². The average molecular weight is 273 g/mol. The second-order valence-corrected chi connectivity index (χ2v) is 5.97. The molecule has 7 nitrogen and oxygen atoms in total. The van der Waals surface area contributed by atoms with Crippen molar-refractivity contribution in [2.75, 3.05) is 12.3 Å². The third-order valence-corrected chi connectivity index (χ3v) is 3.62. The molecule has 0 spiro atoms.